The molecule has 0 unspecified atom stereocenters. The molecule has 0 aromatic heterocycles. The Morgan fingerprint density at radius 2 is 1.56 bits per heavy atom. The van der Waals surface area contributed by atoms with Gasteiger partial charge >= 0.3 is 17.9 Å². The van der Waals surface area contributed by atoms with Crippen molar-refractivity contribution in [3.63, 3.8) is 0 Å². The largest absolute Gasteiger partial charge is 0.462 e. The molecule has 3 aliphatic carbocycles. The molecule has 0 amide bonds. The van der Waals surface area contributed by atoms with Gasteiger partial charge in [0.15, 0.2) is 11.9 Å². The lowest BCUT2D eigenvalue weighted by Crippen LogP contribution is -2.63. The molecular formula is C26H36O8. The number of carbonyl (C=O) groups is 4. The standard InChI is InChI=1S/C26H36O8/c1-12-18(30)9-10-26(8)21(12)22(32-14(3)27)17-11-19(31)13(2)20(25(17,6)7)23(33-15(4)28)24(26)34-16(5)29/h17-18,21-24,30H,1,9-11H2,2-8H3/t17-,18+,21+,22-,23-,24+,26-/m1/s1. The maximum absolute atomic E-state index is 13.2. The molecule has 0 aliphatic heterocycles. The molecule has 2 bridgehead atoms. The zero-order valence-electron chi connectivity index (χ0n) is 21.1. The fourth-order valence-electron chi connectivity index (χ4n) is 6.62. The first-order valence-electron chi connectivity index (χ1n) is 11.8. The van der Waals surface area contributed by atoms with Crippen LogP contribution in [0.3, 0.4) is 0 Å². The molecule has 8 heteroatoms. The minimum Gasteiger partial charge on any atom is -0.462 e. The fraction of sp³-hybridized carbons (Fsp3) is 0.692. The lowest BCUT2D eigenvalue weighted by molar-refractivity contribution is -0.201. The van der Waals surface area contributed by atoms with Crippen LogP contribution >= 0.6 is 0 Å². The number of allylic oxidation sites excluding steroid dienone is 1. The molecule has 0 heterocycles. The number of rotatable bonds is 3. The van der Waals surface area contributed by atoms with Crippen LogP contribution in [0.5, 0.6) is 0 Å². The third-order valence-corrected chi connectivity index (χ3v) is 8.17. The minimum atomic E-state index is -1.02. The summed E-state index contributed by atoms with van der Waals surface area (Å²) in [5, 5.41) is 10.8. The summed E-state index contributed by atoms with van der Waals surface area (Å²) >= 11 is 0. The summed E-state index contributed by atoms with van der Waals surface area (Å²) in [5.74, 6) is -2.92. The van der Waals surface area contributed by atoms with Crippen molar-refractivity contribution in [1.29, 1.82) is 0 Å². The lowest BCUT2D eigenvalue weighted by Gasteiger charge is -2.59. The number of ether oxygens (including phenoxy) is 3. The van der Waals surface area contributed by atoms with Crippen LogP contribution in [-0.4, -0.2) is 53.2 Å². The molecule has 1 N–H and O–H groups in total. The minimum absolute atomic E-state index is 0.126. The lowest BCUT2D eigenvalue weighted by atomic mass is 9.49. The van der Waals surface area contributed by atoms with Crippen LogP contribution in [-0.2, 0) is 33.4 Å². The maximum atomic E-state index is 13.2. The van der Waals surface area contributed by atoms with Crippen LogP contribution in [0.2, 0.25) is 0 Å². The van der Waals surface area contributed by atoms with E-state index < -0.39 is 65.0 Å². The molecule has 188 valence electrons. The van der Waals surface area contributed by atoms with E-state index in [2.05, 4.69) is 6.58 Å². The first kappa shape index (κ1) is 26.1. The molecule has 0 aromatic rings. The van der Waals surface area contributed by atoms with E-state index in [1.165, 1.54) is 20.8 Å². The summed E-state index contributed by atoms with van der Waals surface area (Å²) in [7, 11) is 0. The van der Waals surface area contributed by atoms with Gasteiger partial charge < -0.3 is 19.3 Å². The summed E-state index contributed by atoms with van der Waals surface area (Å²) < 4.78 is 17.7. The fourth-order valence-corrected chi connectivity index (χ4v) is 6.62. The summed E-state index contributed by atoms with van der Waals surface area (Å²) in [5.41, 5.74) is -0.174. The zero-order chi connectivity index (χ0) is 25.7. The van der Waals surface area contributed by atoms with E-state index in [-0.39, 0.29) is 12.2 Å². The van der Waals surface area contributed by atoms with Gasteiger partial charge in [0.05, 0.1) is 6.10 Å². The Labute approximate surface area is 200 Å². The van der Waals surface area contributed by atoms with Crippen molar-refractivity contribution in [2.24, 2.45) is 22.7 Å². The van der Waals surface area contributed by atoms with Crippen molar-refractivity contribution in [2.45, 2.75) is 92.1 Å². The van der Waals surface area contributed by atoms with Crippen molar-refractivity contribution >= 4 is 23.7 Å². The van der Waals surface area contributed by atoms with Crippen LogP contribution in [0.1, 0.15) is 67.7 Å². The zero-order valence-corrected chi connectivity index (χ0v) is 21.1. The second-order valence-corrected chi connectivity index (χ2v) is 10.7. The summed E-state index contributed by atoms with van der Waals surface area (Å²) in [6, 6.07) is 0. The van der Waals surface area contributed by atoms with Gasteiger partial charge in [-0.3, -0.25) is 19.2 Å². The molecule has 0 aromatic carbocycles. The molecule has 3 rings (SSSR count). The number of esters is 3. The van der Waals surface area contributed by atoms with Gasteiger partial charge in [0.2, 0.25) is 0 Å². The number of fused-ring (bicyclic) bond motifs is 3. The molecule has 2 fully saturated rings. The van der Waals surface area contributed by atoms with E-state index in [0.717, 1.165) is 0 Å². The molecule has 0 spiro atoms. The van der Waals surface area contributed by atoms with E-state index in [9.17, 15) is 24.3 Å². The average molecular weight is 477 g/mol. The smallest absolute Gasteiger partial charge is 0.303 e. The van der Waals surface area contributed by atoms with Gasteiger partial charge in [-0.15, -0.1) is 0 Å². The number of carbonyl (C=O) groups excluding carboxylic acids is 4. The number of Topliss-reactive ketones (excluding diaryl/α,β-unsaturated/α-hetero) is 1. The van der Waals surface area contributed by atoms with Crippen LogP contribution in [0, 0.1) is 22.7 Å². The summed E-state index contributed by atoms with van der Waals surface area (Å²) in [6.07, 6.45) is -2.77. The average Bonchev–Trinajstić information content (AvgIpc) is 2.69. The maximum Gasteiger partial charge on any atom is 0.303 e. The van der Waals surface area contributed by atoms with Gasteiger partial charge in [-0.2, -0.15) is 0 Å². The van der Waals surface area contributed by atoms with Crippen LogP contribution in [0.25, 0.3) is 0 Å². The van der Waals surface area contributed by atoms with Crippen molar-refractivity contribution in [3.8, 4) is 0 Å². The van der Waals surface area contributed by atoms with Crippen LogP contribution in [0.4, 0.5) is 0 Å². The third kappa shape index (κ3) is 4.21. The number of hydrogen-bond donors (Lipinski definition) is 1. The number of hydrogen-bond acceptors (Lipinski definition) is 8. The van der Waals surface area contributed by atoms with E-state index in [4.69, 9.17) is 14.2 Å². The van der Waals surface area contributed by atoms with Crippen molar-refractivity contribution in [2.75, 3.05) is 0 Å². The van der Waals surface area contributed by atoms with Crippen molar-refractivity contribution in [1.82, 2.24) is 0 Å². The molecule has 7 atom stereocenters. The van der Waals surface area contributed by atoms with E-state index in [1.54, 1.807) is 6.92 Å². The summed E-state index contributed by atoms with van der Waals surface area (Å²) in [6.45, 7) is 15.4. The van der Waals surface area contributed by atoms with Gasteiger partial charge in [0, 0.05) is 44.4 Å². The second-order valence-electron chi connectivity index (χ2n) is 10.7. The quantitative estimate of drug-likeness (QED) is 0.375. The van der Waals surface area contributed by atoms with Gasteiger partial charge in [-0.05, 0) is 41.9 Å². The van der Waals surface area contributed by atoms with E-state index >= 15 is 0 Å². The van der Waals surface area contributed by atoms with Gasteiger partial charge in [0.1, 0.15) is 12.2 Å². The Morgan fingerprint density at radius 3 is 2.09 bits per heavy atom. The van der Waals surface area contributed by atoms with Gasteiger partial charge in [-0.25, -0.2) is 0 Å². The van der Waals surface area contributed by atoms with E-state index in [1.807, 2.05) is 20.8 Å². The number of aliphatic hydroxyl groups is 1. The van der Waals surface area contributed by atoms with Gasteiger partial charge in [0.25, 0.3) is 0 Å². The Balaban J connectivity index is 2.41. The molecule has 34 heavy (non-hydrogen) atoms. The highest BCUT2D eigenvalue weighted by Gasteiger charge is 2.63. The monoisotopic (exact) mass is 476 g/mol. The highest BCUT2D eigenvalue weighted by Crippen LogP contribution is 2.60. The Morgan fingerprint density at radius 1 is 1.00 bits per heavy atom. The number of ketones is 1. The molecule has 3 aliphatic rings. The van der Waals surface area contributed by atoms with Gasteiger partial charge in [-0.1, -0.05) is 27.4 Å². The highest BCUT2D eigenvalue weighted by molar-refractivity contribution is 5.97. The molecule has 0 radical (unpaired) electrons. The Bertz CT molecular complexity index is 960. The third-order valence-electron chi connectivity index (χ3n) is 8.17. The SMILES string of the molecule is C=C1[C@@H](O)CC[C@@]2(C)[C@@H](OC(C)=O)[C@H](OC(C)=O)C3=C(C)C(=O)C[C@H]([C@@H](OC(C)=O)[C@H]12)C3(C)C. The highest BCUT2D eigenvalue weighted by atomic mass is 16.6. The second kappa shape index (κ2) is 8.95. The van der Waals surface area contributed by atoms with Crippen molar-refractivity contribution in [3.05, 3.63) is 23.3 Å². The van der Waals surface area contributed by atoms with Crippen LogP contribution < -0.4 is 0 Å². The first-order valence-corrected chi connectivity index (χ1v) is 11.8. The summed E-state index contributed by atoms with van der Waals surface area (Å²) in [4.78, 5) is 50.2. The topological polar surface area (TPSA) is 116 Å². The predicted octanol–water partition coefficient (Wildman–Crippen LogP) is 3.06. The molecular weight excluding hydrogens is 440 g/mol. The molecule has 2 saturated carbocycles. The molecule has 8 nitrogen and oxygen atoms in total. The van der Waals surface area contributed by atoms with Crippen molar-refractivity contribution < 1.29 is 38.5 Å². The normalized spacial score (nSPS) is 37.2. The Hall–Kier alpha value is -2.48. The number of aliphatic hydroxyl groups excluding tert-OH is 1. The van der Waals surface area contributed by atoms with E-state index in [0.29, 0.717) is 29.6 Å². The predicted molar refractivity (Wildman–Crippen MR) is 122 cm³/mol. The Kier molecular flexibility index (Phi) is 6.88. The first-order chi connectivity index (χ1) is 15.6. The van der Waals surface area contributed by atoms with Crippen LogP contribution in [0.15, 0.2) is 23.3 Å². The molecule has 0 saturated heterocycles.